The molecule has 0 aliphatic carbocycles. The molecule has 0 spiro atoms. The molecule has 0 fully saturated rings. The number of nitrogens with one attached hydrogen (secondary N) is 1. The molecule has 0 amide bonds. The zero-order chi connectivity index (χ0) is 17.8. The highest BCUT2D eigenvalue weighted by Gasteiger charge is 2.07. The van der Waals surface area contributed by atoms with Gasteiger partial charge in [0.1, 0.15) is 16.0 Å². The summed E-state index contributed by atoms with van der Waals surface area (Å²) in [5, 5.41) is 7.10. The van der Waals surface area contributed by atoms with Crippen molar-refractivity contribution in [2.75, 3.05) is 5.32 Å². The molecule has 0 aliphatic rings. The fourth-order valence-corrected chi connectivity index (χ4v) is 2.53. The van der Waals surface area contributed by atoms with Crippen LogP contribution in [0.15, 0.2) is 58.1 Å². The van der Waals surface area contributed by atoms with Crippen LogP contribution in [-0.4, -0.2) is 14.8 Å². The third-order valence-electron chi connectivity index (χ3n) is 3.39. The first-order valence-electron chi connectivity index (χ1n) is 7.37. The summed E-state index contributed by atoms with van der Waals surface area (Å²) >= 11 is 3.26. The van der Waals surface area contributed by atoms with E-state index >= 15 is 0 Å². The number of ether oxygens (including phenoxy) is 1. The summed E-state index contributed by atoms with van der Waals surface area (Å²) in [5.74, 6) is 0.597. The Balaban J connectivity index is 1.64. The highest BCUT2D eigenvalue weighted by atomic mass is 79.9. The monoisotopic (exact) mass is 404 g/mol. The van der Waals surface area contributed by atoms with E-state index in [2.05, 4.69) is 31.3 Å². The van der Waals surface area contributed by atoms with Crippen LogP contribution in [0.25, 0.3) is 0 Å². The molecule has 0 saturated carbocycles. The number of benzene rings is 1. The number of rotatable bonds is 5. The zero-order valence-corrected chi connectivity index (χ0v) is 14.8. The Hall–Kier alpha value is -2.74. The number of nitrogens with zero attached hydrogens (tertiary/aromatic N) is 3. The lowest BCUT2D eigenvalue weighted by Gasteiger charge is -2.09. The second kappa shape index (κ2) is 7.43. The Bertz CT molecular complexity index is 927. The molecule has 0 bridgehead atoms. The molecule has 3 aromatic rings. The standard InChI is InChI=1S/C17H14BrFN4O2/c1-23-17(24)16(18)14(10-22-23)20-8-11-2-7-15(21-9-11)25-13-5-3-12(19)4-6-13/h2-7,9-10,20H,8H2,1H3. The summed E-state index contributed by atoms with van der Waals surface area (Å²) < 4.78 is 20.1. The van der Waals surface area contributed by atoms with Crippen LogP contribution in [0.4, 0.5) is 10.1 Å². The van der Waals surface area contributed by atoms with Crippen LogP contribution in [0.3, 0.4) is 0 Å². The van der Waals surface area contributed by atoms with Crippen LogP contribution in [0, 0.1) is 5.82 Å². The van der Waals surface area contributed by atoms with E-state index in [1.54, 1.807) is 25.5 Å². The SMILES string of the molecule is Cn1ncc(NCc2ccc(Oc3ccc(F)cc3)nc2)c(Br)c1=O. The minimum Gasteiger partial charge on any atom is -0.439 e. The van der Waals surface area contributed by atoms with Crippen LogP contribution < -0.4 is 15.6 Å². The van der Waals surface area contributed by atoms with Crippen LogP contribution in [0.5, 0.6) is 11.6 Å². The van der Waals surface area contributed by atoms with Crippen LogP contribution in [0.2, 0.25) is 0 Å². The lowest BCUT2D eigenvalue weighted by atomic mass is 10.3. The first-order valence-corrected chi connectivity index (χ1v) is 8.16. The van der Waals surface area contributed by atoms with E-state index < -0.39 is 0 Å². The van der Waals surface area contributed by atoms with E-state index in [-0.39, 0.29) is 11.4 Å². The summed E-state index contributed by atoms with van der Waals surface area (Å²) in [4.78, 5) is 16.0. The number of aromatic nitrogens is 3. The van der Waals surface area contributed by atoms with Crippen LogP contribution in [-0.2, 0) is 13.6 Å². The van der Waals surface area contributed by atoms with Crippen molar-refractivity contribution < 1.29 is 9.13 Å². The van der Waals surface area contributed by atoms with Gasteiger partial charge in [0.05, 0.1) is 11.9 Å². The van der Waals surface area contributed by atoms with Gasteiger partial charge in [-0.05, 0) is 45.8 Å². The number of halogens is 2. The van der Waals surface area contributed by atoms with Gasteiger partial charge in [-0.3, -0.25) is 4.79 Å². The maximum absolute atomic E-state index is 12.9. The topological polar surface area (TPSA) is 69.0 Å². The molecule has 0 atom stereocenters. The van der Waals surface area contributed by atoms with Gasteiger partial charge in [0.25, 0.3) is 5.56 Å². The van der Waals surface area contributed by atoms with Crippen molar-refractivity contribution in [2.24, 2.45) is 7.05 Å². The van der Waals surface area contributed by atoms with E-state index in [1.807, 2.05) is 6.07 Å². The third-order valence-corrected chi connectivity index (χ3v) is 4.16. The number of aryl methyl sites for hydroxylation is 1. The molecule has 2 aromatic heterocycles. The van der Waals surface area contributed by atoms with Crippen LogP contribution in [0.1, 0.15) is 5.56 Å². The number of hydrogen-bond donors (Lipinski definition) is 1. The first kappa shape index (κ1) is 17.1. The smallest absolute Gasteiger partial charge is 0.282 e. The normalized spacial score (nSPS) is 10.5. The van der Waals surface area contributed by atoms with Gasteiger partial charge in [-0.2, -0.15) is 5.10 Å². The van der Waals surface area contributed by atoms with Gasteiger partial charge in [-0.1, -0.05) is 6.07 Å². The molecule has 6 nitrogen and oxygen atoms in total. The first-order chi connectivity index (χ1) is 12.0. The molecule has 0 radical (unpaired) electrons. The Morgan fingerprint density at radius 3 is 2.64 bits per heavy atom. The van der Waals surface area contributed by atoms with Gasteiger partial charge in [0, 0.05) is 25.9 Å². The van der Waals surface area contributed by atoms with Gasteiger partial charge in [-0.25, -0.2) is 14.1 Å². The molecule has 128 valence electrons. The molecule has 1 aromatic carbocycles. The molecule has 25 heavy (non-hydrogen) atoms. The van der Waals surface area contributed by atoms with E-state index in [0.29, 0.717) is 28.3 Å². The predicted molar refractivity (Wildman–Crippen MR) is 95.2 cm³/mol. The van der Waals surface area contributed by atoms with Crippen molar-refractivity contribution >= 4 is 21.6 Å². The van der Waals surface area contributed by atoms with Gasteiger partial charge in [0.2, 0.25) is 5.88 Å². The highest BCUT2D eigenvalue weighted by Crippen LogP contribution is 2.20. The van der Waals surface area contributed by atoms with E-state index in [4.69, 9.17) is 4.74 Å². The number of hydrogen-bond acceptors (Lipinski definition) is 5. The average Bonchev–Trinajstić information content (AvgIpc) is 2.62. The van der Waals surface area contributed by atoms with Crippen molar-refractivity contribution in [2.45, 2.75) is 6.54 Å². The molecule has 1 N–H and O–H groups in total. The molecule has 8 heteroatoms. The number of anilines is 1. The Kier molecular flexibility index (Phi) is 5.08. The summed E-state index contributed by atoms with van der Waals surface area (Å²) in [6.07, 6.45) is 3.24. The van der Waals surface area contributed by atoms with Gasteiger partial charge >= 0.3 is 0 Å². The van der Waals surface area contributed by atoms with Crippen molar-refractivity contribution in [1.82, 2.24) is 14.8 Å². The van der Waals surface area contributed by atoms with Crippen molar-refractivity contribution in [1.29, 1.82) is 0 Å². The summed E-state index contributed by atoms with van der Waals surface area (Å²) in [6, 6.07) is 9.28. The Morgan fingerprint density at radius 2 is 1.96 bits per heavy atom. The molecule has 0 saturated heterocycles. The highest BCUT2D eigenvalue weighted by molar-refractivity contribution is 9.10. The van der Waals surface area contributed by atoms with E-state index in [1.165, 1.54) is 28.9 Å². The quantitative estimate of drug-likeness (QED) is 0.704. The van der Waals surface area contributed by atoms with Gasteiger partial charge in [0.15, 0.2) is 0 Å². The van der Waals surface area contributed by atoms with Gasteiger partial charge < -0.3 is 10.1 Å². The minimum absolute atomic E-state index is 0.217. The van der Waals surface area contributed by atoms with Crippen molar-refractivity contribution in [3.8, 4) is 11.6 Å². The maximum atomic E-state index is 12.9. The third kappa shape index (κ3) is 4.21. The molecule has 2 heterocycles. The zero-order valence-electron chi connectivity index (χ0n) is 13.2. The van der Waals surface area contributed by atoms with Crippen molar-refractivity contribution in [3.05, 3.63) is 75.0 Å². The van der Waals surface area contributed by atoms with Crippen LogP contribution >= 0.6 is 15.9 Å². The van der Waals surface area contributed by atoms with Crippen molar-refractivity contribution in [3.63, 3.8) is 0 Å². The summed E-state index contributed by atoms with van der Waals surface area (Å²) in [5.41, 5.74) is 1.29. The van der Waals surface area contributed by atoms with E-state index in [9.17, 15) is 9.18 Å². The lowest BCUT2D eigenvalue weighted by molar-refractivity contribution is 0.461. The largest absolute Gasteiger partial charge is 0.439 e. The fraction of sp³-hybridized carbons (Fsp3) is 0.118. The minimum atomic E-state index is -0.321. The Labute approximate surface area is 151 Å². The molecule has 3 rings (SSSR count). The molecular weight excluding hydrogens is 391 g/mol. The second-order valence-electron chi connectivity index (χ2n) is 5.22. The number of pyridine rings is 1. The average molecular weight is 405 g/mol. The second-order valence-corrected chi connectivity index (χ2v) is 6.01. The molecule has 0 aliphatic heterocycles. The molecule has 0 unspecified atom stereocenters. The van der Waals surface area contributed by atoms with E-state index in [0.717, 1.165) is 5.56 Å². The van der Waals surface area contributed by atoms with Gasteiger partial charge in [-0.15, -0.1) is 0 Å². The maximum Gasteiger partial charge on any atom is 0.282 e. The molecular formula is C17H14BrFN4O2. The predicted octanol–water partition coefficient (Wildman–Crippen LogP) is 3.48. The summed E-state index contributed by atoms with van der Waals surface area (Å²) in [6.45, 7) is 0.470. The lowest BCUT2D eigenvalue weighted by Crippen LogP contribution is -2.21. The summed E-state index contributed by atoms with van der Waals surface area (Å²) in [7, 11) is 1.58. The Morgan fingerprint density at radius 1 is 1.20 bits per heavy atom. The fourth-order valence-electron chi connectivity index (χ4n) is 2.03.